The fourth-order valence-corrected chi connectivity index (χ4v) is 4.58. The van der Waals surface area contributed by atoms with Crippen LogP contribution >= 0.6 is 0 Å². The lowest BCUT2D eigenvalue weighted by Crippen LogP contribution is -2.38. The van der Waals surface area contributed by atoms with Gasteiger partial charge in [0.2, 0.25) is 11.8 Å². The summed E-state index contributed by atoms with van der Waals surface area (Å²) in [4.78, 5) is 27.7. The third-order valence-electron chi connectivity index (χ3n) is 5.21. The fourth-order valence-electron chi connectivity index (χ4n) is 3.59. The molecule has 1 saturated heterocycles. The van der Waals surface area contributed by atoms with E-state index in [2.05, 4.69) is 10.2 Å². The predicted octanol–water partition coefficient (Wildman–Crippen LogP) is 2.77. The van der Waals surface area contributed by atoms with E-state index in [0.717, 1.165) is 41.7 Å². The van der Waals surface area contributed by atoms with Gasteiger partial charge < -0.3 is 10.2 Å². The third kappa shape index (κ3) is 7.62. The van der Waals surface area contributed by atoms with Crippen molar-refractivity contribution >= 4 is 33.4 Å². The second kappa shape index (κ2) is 11.1. The topological polar surface area (TPSA) is 86.8 Å². The molecule has 3 rings (SSSR count). The first-order valence-electron chi connectivity index (χ1n) is 10.6. The van der Waals surface area contributed by atoms with E-state index in [9.17, 15) is 18.0 Å². The van der Waals surface area contributed by atoms with Gasteiger partial charge in [-0.25, -0.2) is 8.42 Å². The second-order valence-electron chi connectivity index (χ2n) is 7.91. The van der Waals surface area contributed by atoms with Crippen LogP contribution in [0.2, 0.25) is 0 Å². The van der Waals surface area contributed by atoms with Crippen LogP contribution in [0.1, 0.15) is 24.5 Å². The van der Waals surface area contributed by atoms with Crippen molar-refractivity contribution in [3.05, 3.63) is 71.1 Å². The van der Waals surface area contributed by atoms with Gasteiger partial charge >= 0.3 is 0 Å². The van der Waals surface area contributed by atoms with Gasteiger partial charge in [-0.2, -0.15) is 0 Å². The zero-order valence-corrected chi connectivity index (χ0v) is 19.1. The lowest BCUT2D eigenvalue weighted by Gasteiger charge is -2.22. The molecule has 0 aromatic heterocycles. The van der Waals surface area contributed by atoms with Crippen LogP contribution in [-0.4, -0.2) is 62.0 Å². The van der Waals surface area contributed by atoms with Gasteiger partial charge in [-0.3, -0.25) is 14.5 Å². The normalized spacial score (nSPS) is 15.5. The molecule has 2 aromatic carbocycles. The largest absolute Gasteiger partial charge is 0.340 e. The number of carbonyl (C=O) groups excluding carboxylic acids is 2. The summed E-state index contributed by atoms with van der Waals surface area (Å²) in [7, 11) is -3.63. The van der Waals surface area contributed by atoms with Crippen LogP contribution in [0.25, 0.3) is 6.08 Å². The molecule has 0 bridgehead atoms. The Morgan fingerprint density at radius 3 is 2.38 bits per heavy atom. The maximum Gasteiger partial charge on any atom is 0.238 e. The van der Waals surface area contributed by atoms with Crippen LogP contribution in [0, 0.1) is 0 Å². The minimum absolute atomic E-state index is 0.104. The number of sulfone groups is 1. The number of hydrogen-bond acceptors (Lipinski definition) is 5. The average molecular weight is 456 g/mol. The highest BCUT2D eigenvalue weighted by molar-refractivity contribution is 7.95. The molecule has 32 heavy (non-hydrogen) atoms. The molecular weight excluding hydrogens is 426 g/mol. The van der Waals surface area contributed by atoms with Crippen LogP contribution in [0.5, 0.6) is 0 Å². The Morgan fingerprint density at radius 1 is 0.969 bits per heavy atom. The molecule has 170 valence electrons. The molecule has 0 aliphatic carbocycles. The number of benzene rings is 2. The molecule has 0 saturated carbocycles. The van der Waals surface area contributed by atoms with E-state index in [1.165, 1.54) is 13.0 Å². The van der Waals surface area contributed by atoms with Gasteiger partial charge in [0.05, 0.1) is 0 Å². The van der Waals surface area contributed by atoms with E-state index in [1.807, 2.05) is 54.6 Å². The lowest BCUT2D eigenvalue weighted by atomic mass is 10.2. The van der Waals surface area contributed by atoms with Gasteiger partial charge in [0.15, 0.2) is 9.84 Å². The summed E-state index contributed by atoms with van der Waals surface area (Å²) in [6.45, 7) is 4.77. The van der Waals surface area contributed by atoms with Crippen molar-refractivity contribution in [1.29, 1.82) is 0 Å². The van der Waals surface area contributed by atoms with Gasteiger partial charge in [0.1, 0.15) is 5.75 Å². The summed E-state index contributed by atoms with van der Waals surface area (Å²) in [6.07, 6.45) is 2.31. The van der Waals surface area contributed by atoms with E-state index in [1.54, 1.807) is 4.90 Å². The van der Waals surface area contributed by atoms with Crippen LogP contribution < -0.4 is 5.32 Å². The predicted molar refractivity (Wildman–Crippen MR) is 126 cm³/mol. The Balaban J connectivity index is 1.51. The molecule has 0 spiro atoms. The molecule has 1 aliphatic heterocycles. The Kier molecular flexibility index (Phi) is 8.19. The number of hydrogen-bond donors (Lipinski definition) is 1. The summed E-state index contributed by atoms with van der Waals surface area (Å²) in [5.74, 6) is -0.974. The summed E-state index contributed by atoms with van der Waals surface area (Å²) in [5, 5.41) is 3.87. The van der Waals surface area contributed by atoms with Crippen molar-refractivity contribution in [2.75, 3.05) is 37.2 Å². The zero-order valence-electron chi connectivity index (χ0n) is 18.2. The minimum atomic E-state index is -3.63. The van der Waals surface area contributed by atoms with E-state index >= 15 is 0 Å². The molecule has 0 unspecified atom stereocenters. The van der Waals surface area contributed by atoms with E-state index in [4.69, 9.17) is 0 Å². The molecular formula is C24H29N3O4S. The van der Waals surface area contributed by atoms with E-state index < -0.39 is 15.6 Å². The molecule has 0 radical (unpaired) electrons. The Morgan fingerprint density at radius 2 is 1.69 bits per heavy atom. The Labute approximate surface area is 189 Å². The highest BCUT2D eigenvalue weighted by atomic mass is 32.2. The monoisotopic (exact) mass is 455 g/mol. The average Bonchev–Trinajstić information content (AvgIpc) is 3.00. The molecule has 1 aliphatic rings. The van der Waals surface area contributed by atoms with Gasteiger partial charge in [0, 0.05) is 50.7 Å². The van der Waals surface area contributed by atoms with Gasteiger partial charge in [-0.1, -0.05) is 42.5 Å². The summed E-state index contributed by atoms with van der Waals surface area (Å²) >= 11 is 0. The summed E-state index contributed by atoms with van der Waals surface area (Å²) < 4.78 is 24.7. The summed E-state index contributed by atoms with van der Waals surface area (Å²) in [6, 6.07) is 16.8. The number of amides is 2. The van der Waals surface area contributed by atoms with Crippen molar-refractivity contribution in [3.8, 4) is 0 Å². The standard InChI is InChI=1S/C24H29N3O4S/c1-20(28)25-23-10-8-22(9-11-23)18-26-13-5-14-27(16-15-26)24(29)19-32(30,31)17-12-21-6-3-2-4-7-21/h2-4,6-12,17H,5,13-16,18-19H2,1H3,(H,25,28). The highest BCUT2D eigenvalue weighted by Crippen LogP contribution is 2.14. The van der Waals surface area contributed by atoms with Gasteiger partial charge in [-0.05, 0) is 35.8 Å². The van der Waals surface area contributed by atoms with Crippen LogP contribution in [-0.2, 0) is 26.0 Å². The van der Waals surface area contributed by atoms with Crippen LogP contribution in [0.4, 0.5) is 5.69 Å². The Hall–Kier alpha value is -2.97. The number of carbonyl (C=O) groups is 2. The number of nitrogens with zero attached hydrogens (tertiary/aromatic N) is 2. The number of anilines is 1. The smallest absolute Gasteiger partial charge is 0.238 e. The van der Waals surface area contributed by atoms with Gasteiger partial charge in [0.25, 0.3) is 0 Å². The molecule has 8 heteroatoms. The maximum atomic E-state index is 12.6. The zero-order chi connectivity index (χ0) is 23.0. The van der Waals surface area contributed by atoms with Crippen molar-refractivity contribution in [2.24, 2.45) is 0 Å². The SMILES string of the molecule is CC(=O)Nc1ccc(CN2CCCN(C(=O)CS(=O)(=O)C=Cc3ccccc3)CC2)cc1. The molecule has 1 N–H and O–H groups in total. The molecule has 2 amide bonds. The quantitative estimate of drug-likeness (QED) is 0.694. The fraction of sp³-hybridized carbons (Fsp3) is 0.333. The number of rotatable bonds is 7. The molecule has 1 heterocycles. The number of nitrogens with one attached hydrogen (secondary N) is 1. The molecule has 1 fully saturated rings. The van der Waals surface area contributed by atoms with Crippen LogP contribution in [0.3, 0.4) is 0 Å². The minimum Gasteiger partial charge on any atom is -0.340 e. The van der Waals surface area contributed by atoms with Crippen molar-refractivity contribution in [3.63, 3.8) is 0 Å². The Bertz CT molecular complexity index is 1050. The first-order chi connectivity index (χ1) is 15.3. The van der Waals surface area contributed by atoms with Crippen LogP contribution in [0.15, 0.2) is 60.0 Å². The van der Waals surface area contributed by atoms with E-state index in [-0.39, 0.29) is 11.8 Å². The first kappa shape index (κ1) is 23.7. The molecule has 7 nitrogen and oxygen atoms in total. The highest BCUT2D eigenvalue weighted by Gasteiger charge is 2.23. The molecule has 0 atom stereocenters. The first-order valence-corrected chi connectivity index (χ1v) is 12.3. The van der Waals surface area contributed by atoms with E-state index in [0.29, 0.717) is 19.6 Å². The van der Waals surface area contributed by atoms with Gasteiger partial charge in [-0.15, -0.1) is 0 Å². The van der Waals surface area contributed by atoms with Crippen molar-refractivity contribution in [1.82, 2.24) is 9.80 Å². The third-order valence-corrected chi connectivity index (χ3v) is 6.41. The molecule has 2 aromatic rings. The lowest BCUT2D eigenvalue weighted by molar-refractivity contribution is -0.128. The van der Waals surface area contributed by atoms with Crippen molar-refractivity contribution in [2.45, 2.75) is 19.9 Å². The summed E-state index contributed by atoms with van der Waals surface area (Å²) in [5.41, 5.74) is 2.66. The second-order valence-corrected chi connectivity index (χ2v) is 9.80. The maximum absolute atomic E-state index is 12.6. The van der Waals surface area contributed by atoms with Crippen molar-refractivity contribution < 1.29 is 18.0 Å².